The molecule has 5 heteroatoms. The monoisotopic (exact) mass is 302 g/mol. The maximum absolute atomic E-state index is 13.4. The number of carbonyl (C=O) groups is 1. The zero-order valence-corrected chi connectivity index (χ0v) is 13.7. The number of likely N-dealkylation sites (tertiary alicyclic amines) is 2. The van der Waals surface area contributed by atoms with Crippen molar-refractivity contribution in [2.45, 2.75) is 45.1 Å². The number of hydrogen-bond acceptors (Lipinski definition) is 4. The molecule has 0 spiro atoms. The van der Waals surface area contributed by atoms with Crippen molar-refractivity contribution in [2.24, 2.45) is 5.92 Å². The Morgan fingerprint density at radius 1 is 1.23 bits per heavy atom. The van der Waals surface area contributed by atoms with E-state index in [4.69, 9.17) is 0 Å². The van der Waals surface area contributed by atoms with Gasteiger partial charge in [0.15, 0.2) is 0 Å². The standard InChI is InChI=1S/C17H26N4O/c1-14(2)13-21-11-5-6-17(21,15-12-18-7-8-19-15)16(22)20-9-3-4-10-20/h7-8,12,14H,3-6,9-11,13H2,1-2H3. The van der Waals surface area contributed by atoms with Gasteiger partial charge in [-0.1, -0.05) is 13.8 Å². The quantitative estimate of drug-likeness (QED) is 0.854. The normalized spacial score (nSPS) is 26.0. The first-order chi connectivity index (χ1) is 10.6. The second kappa shape index (κ2) is 6.32. The van der Waals surface area contributed by atoms with Crippen LogP contribution in [-0.2, 0) is 10.3 Å². The number of rotatable bonds is 4. The summed E-state index contributed by atoms with van der Waals surface area (Å²) in [6.07, 6.45) is 9.31. The van der Waals surface area contributed by atoms with Crippen molar-refractivity contribution in [1.29, 1.82) is 0 Å². The smallest absolute Gasteiger partial charge is 0.249 e. The Bertz CT molecular complexity index is 513. The number of aromatic nitrogens is 2. The summed E-state index contributed by atoms with van der Waals surface area (Å²) < 4.78 is 0. The number of nitrogens with zero attached hydrogens (tertiary/aromatic N) is 4. The summed E-state index contributed by atoms with van der Waals surface area (Å²) in [5.41, 5.74) is 0.230. The molecule has 0 aliphatic carbocycles. The van der Waals surface area contributed by atoms with Crippen molar-refractivity contribution in [3.8, 4) is 0 Å². The predicted molar refractivity (Wildman–Crippen MR) is 85.2 cm³/mol. The fourth-order valence-corrected chi connectivity index (χ4v) is 3.90. The van der Waals surface area contributed by atoms with E-state index in [9.17, 15) is 4.79 Å². The lowest BCUT2D eigenvalue weighted by atomic mass is 9.89. The molecule has 1 aromatic heterocycles. The van der Waals surface area contributed by atoms with Crippen LogP contribution in [0.5, 0.6) is 0 Å². The topological polar surface area (TPSA) is 49.3 Å². The van der Waals surface area contributed by atoms with Gasteiger partial charge in [-0.15, -0.1) is 0 Å². The third-order valence-corrected chi connectivity index (χ3v) is 4.83. The third-order valence-electron chi connectivity index (χ3n) is 4.83. The number of hydrogen-bond donors (Lipinski definition) is 0. The first-order valence-corrected chi connectivity index (χ1v) is 8.45. The minimum absolute atomic E-state index is 0.239. The first kappa shape index (κ1) is 15.4. The molecule has 1 amide bonds. The van der Waals surface area contributed by atoms with E-state index >= 15 is 0 Å². The number of carbonyl (C=O) groups excluding carboxylic acids is 1. The SMILES string of the molecule is CC(C)CN1CCCC1(C(=O)N1CCCC1)c1cnccn1. The van der Waals surface area contributed by atoms with Gasteiger partial charge in [0.1, 0.15) is 5.54 Å². The molecule has 0 saturated carbocycles. The molecular weight excluding hydrogens is 276 g/mol. The average Bonchev–Trinajstić information content (AvgIpc) is 3.17. The predicted octanol–water partition coefficient (Wildman–Crippen LogP) is 2.05. The van der Waals surface area contributed by atoms with E-state index in [2.05, 4.69) is 28.7 Å². The van der Waals surface area contributed by atoms with Gasteiger partial charge in [0, 0.05) is 32.0 Å². The zero-order chi connectivity index (χ0) is 15.6. The van der Waals surface area contributed by atoms with E-state index < -0.39 is 5.54 Å². The molecule has 0 N–H and O–H groups in total. The highest BCUT2D eigenvalue weighted by atomic mass is 16.2. The zero-order valence-electron chi connectivity index (χ0n) is 13.7. The molecule has 1 unspecified atom stereocenters. The summed E-state index contributed by atoms with van der Waals surface area (Å²) in [6, 6.07) is 0. The Morgan fingerprint density at radius 3 is 2.64 bits per heavy atom. The van der Waals surface area contributed by atoms with E-state index in [-0.39, 0.29) is 5.91 Å². The Kier molecular flexibility index (Phi) is 4.43. The van der Waals surface area contributed by atoms with Crippen LogP contribution in [0.2, 0.25) is 0 Å². The van der Waals surface area contributed by atoms with Gasteiger partial charge in [-0.3, -0.25) is 19.7 Å². The van der Waals surface area contributed by atoms with Crippen LogP contribution in [0, 0.1) is 5.92 Å². The van der Waals surface area contributed by atoms with Crippen molar-refractivity contribution in [3.63, 3.8) is 0 Å². The Balaban J connectivity index is 1.99. The maximum atomic E-state index is 13.4. The van der Waals surface area contributed by atoms with Gasteiger partial charge in [-0.2, -0.15) is 0 Å². The van der Waals surface area contributed by atoms with Crippen molar-refractivity contribution >= 4 is 5.91 Å². The van der Waals surface area contributed by atoms with E-state index in [0.717, 1.165) is 57.6 Å². The highest BCUT2D eigenvalue weighted by molar-refractivity contribution is 5.87. The van der Waals surface area contributed by atoms with Gasteiger partial charge in [0.25, 0.3) is 0 Å². The fraction of sp³-hybridized carbons (Fsp3) is 0.706. The third kappa shape index (κ3) is 2.62. The van der Waals surface area contributed by atoms with Gasteiger partial charge in [-0.05, 0) is 38.1 Å². The van der Waals surface area contributed by atoms with Crippen molar-refractivity contribution in [1.82, 2.24) is 19.8 Å². The maximum Gasteiger partial charge on any atom is 0.249 e. The summed E-state index contributed by atoms with van der Waals surface area (Å²) in [4.78, 5) is 26.5. The number of amides is 1. The van der Waals surface area contributed by atoms with Gasteiger partial charge in [0.2, 0.25) is 5.91 Å². The van der Waals surface area contributed by atoms with Crippen LogP contribution in [0.4, 0.5) is 0 Å². The summed E-state index contributed by atoms with van der Waals surface area (Å²) >= 11 is 0. The fourth-order valence-electron chi connectivity index (χ4n) is 3.90. The van der Waals surface area contributed by atoms with Crippen LogP contribution in [0.1, 0.15) is 45.2 Å². The van der Waals surface area contributed by atoms with E-state index in [1.807, 2.05) is 4.90 Å². The molecule has 2 aliphatic heterocycles. The van der Waals surface area contributed by atoms with Crippen molar-refractivity contribution in [3.05, 3.63) is 24.3 Å². The Hall–Kier alpha value is -1.49. The molecule has 2 saturated heterocycles. The molecule has 0 aromatic carbocycles. The molecule has 120 valence electrons. The van der Waals surface area contributed by atoms with E-state index in [1.54, 1.807) is 18.6 Å². The molecule has 2 fully saturated rings. The van der Waals surface area contributed by atoms with E-state index in [1.165, 1.54) is 0 Å². The van der Waals surface area contributed by atoms with Crippen molar-refractivity contribution < 1.29 is 4.79 Å². The van der Waals surface area contributed by atoms with Crippen LogP contribution in [0.15, 0.2) is 18.6 Å². The molecule has 22 heavy (non-hydrogen) atoms. The van der Waals surface area contributed by atoms with Gasteiger partial charge in [-0.25, -0.2) is 0 Å². The van der Waals surface area contributed by atoms with Crippen LogP contribution < -0.4 is 0 Å². The minimum Gasteiger partial charge on any atom is -0.341 e. The van der Waals surface area contributed by atoms with Gasteiger partial charge in [0.05, 0.1) is 11.9 Å². The summed E-state index contributed by atoms with van der Waals surface area (Å²) in [5.74, 6) is 0.768. The van der Waals surface area contributed by atoms with Crippen molar-refractivity contribution in [2.75, 3.05) is 26.2 Å². The largest absolute Gasteiger partial charge is 0.341 e. The molecule has 0 radical (unpaired) electrons. The van der Waals surface area contributed by atoms with E-state index in [0.29, 0.717) is 5.92 Å². The lowest BCUT2D eigenvalue weighted by molar-refractivity contribution is -0.143. The second-order valence-electron chi connectivity index (χ2n) is 6.89. The minimum atomic E-state index is -0.594. The lowest BCUT2D eigenvalue weighted by Crippen LogP contribution is -2.55. The Labute approximate surface area is 132 Å². The highest BCUT2D eigenvalue weighted by Crippen LogP contribution is 2.40. The van der Waals surface area contributed by atoms with Gasteiger partial charge < -0.3 is 4.90 Å². The molecular formula is C17H26N4O. The molecule has 1 atom stereocenters. The Morgan fingerprint density at radius 2 is 2.00 bits per heavy atom. The second-order valence-corrected chi connectivity index (χ2v) is 6.89. The molecule has 1 aromatic rings. The van der Waals surface area contributed by atoms with Crippen LogP contribution >= 0.6 is 0 Å². The summed E-state index contributed by atoms with van der Waals surface area (Å²) in [5, 5.41) is 0. The molecule has 3 rings (SSSR count). The highest BCUT2D eigenvalue weighted by Gasteiger charge is 2.52. The summed E-state index contributed by atoms with van der Waals surface area (Å²) in [6.45, 7) is 8.08. The molecule has 3 heterocycles. The lowest BCUT2D eigenvalue weighted by Gasteiger charge is -2.39. The van der Waals surface area contributed by atoms with Crippen LogP contribution in [0.25, 0.3) is 0 Å². The molecule has 5 nitrogen and oxygen atoms in total. The van der Waals surface area contributed by atoms with Crippen LogP contribution in [0.3, 0.4) is 0 Å². The molecule has 0 bridgehead atoms. The van der Waals surface area contributed by atoms with Crippen LogP contribution in [-0.4, -0.2) is 51.9 Å². The first-order valence-electron chi connectivity index (χ1n) is 8.45. The molecule has 2 aliphatic rings. The average molecular weight is 302 g/mol. The summed E-state index contributed by atoms with van der Waals surface area (Å²) in [7, 11) is 0. The van der Waals surface area contributed by atoms with Gasteiger partial charge >= 0.3 is 0 Å².